The first-order valence-corrected chi connectivity index (χ1v) is 4.40. The van der Waals surface area contributed by atoms with Crippen LogP contribution in [0.4, 0.5) is 5.69 Å². The summed E-state index contributed by atoms with van der Waals surface area (Å²) >= 11 is 0. The Morgan fingerprint density at radius 2 is 2.23 bits per heavy atom. The van der Waals surface area contributed by atoms with Crippen LogP contribution in [0, 0.1) is 0 Å². The SMILES string of the molecule is C=Cc1ccccc1N1C=NCC1. The summed E-state index contributed by atoms with van der Waals surface area (Å²) in [5.41, 5.74) is 2.36. The van der Waals surface area contributed by atoms with Crippen molar-refractivity contribution in [3.8, 4) is 0 Å². The Kier molecular flexibility index (Phi) is 2.13. The van der Waals surface area contributed by atoms with E-state index in [4.69, 9.17) is 0 Å². The molecule has 0 spiro atoms. The molecular formula is C11H12N2. The molecule has 0 amide bonds. The number of hydrogen-bond donors (Lipinski definition) is 0. The Bertz CT molecular complexity index is 342. The van der Waals surface area contributed by atoms with Gasteiger partial charge in [0.25, 0.3) is 0 Å². The van der Waals surface area contributed by atoms with Crippen LogP contribution >= 0.6 is 0 Å². The monoisotopic (exact) mass is 172 g/mol. The van der Waals surface area contributed by atoms with Gasteiger partial charge in [-0.15, -0.1) is 0 Å². The van der Waals surface area contributed by atoms with Gasteiger partial charge in [-0.05, 0) is 11.6 Å². The number of aliphatic imine (C=N–C) groups is 1. The maximum atomic E-state index is 4.18. The second-order valence-electron chi connectivity index (χ2n) is 2.98. The fourth-order valence-electron chi connectivity index (χ4n) is 1.48. The molecule has 66 valence electrons. The molecule has 0 bridgehead atoms. The Morgan fingerprint density at radius 1 is 1.38 bits per heavy atom. The Balaban J connectivity index is 2.37. The standard InChI is InChI=1S/C11H12N2/c1-2-10-5-3-4-6-11(10)13-8-7-12-9-13/h2-6,9H,1,7-8H2. The first-order chi connectivity index (χ1) is 6.42. The quantitative estimate of drug-likeness (QED) is 0.667. The van der Waals surface area contributed by atoms with E-state index < -0.39 is 0 Å². The molecule has 0 N–H and O–H groups in total. The molecule has 0 saturated carbocycles. The lowest BCUT2D eigenvalue weighted by Gasteiger charge is -2.16. The van der Waals surface area contributed by atoms with E-state index >= 15 is 0 Å². The third-order valence-corrected chi connectivity index (χ3v) is 2.16. The predicted octanol–water partition coefficient (Wildman–Crippen LogP) is 2.18. The van der Waals surface area contributed by atoms with Crippen LogP contribution in [0.5, 0.6) is 0 Å². The van der Waals surface area contributed by atoms with Crippen LogP contribution in [0.25, 0.3) is 6.08 Å². The molecule has 1 aliphatic rings. The normalized spacial score (nSPS) is 14.9. The van der Waals surface area contributed by atoms with Crippen molar-refractivity contribution in [2.24, 2.45) is 4.99 Å². The highest BCUT2D eigenvalue weighted by Crippen LogP contribution is 2.21. The molecule has 0 unspecified atom stereocenters. The summed E-state index contributed by atoms with van der Waals surface area (Å²) < 4.78 is 0. The van der Waals surface area contributed by atoms with Crippen molar-refractivity contribution in [3.63, 3.8) is 0 Å². The van der Waals surface area contributed by atoms with Crippen molar-refractivity contribution in [1.82, 2.24) is 0 Å². The van der Waals surface area contributed by atoms with E-state index in [0.717, 1.165) is 18.7 Å². The van der Waals surface area contributed by atoms with E-state index in [0.29, 0.717) is 0 Å². The van der Waals surface area contributed by atoms with Crippen molar-refractivity contribution in [3.05, 3.63) is 36.4 Å². The van der Waals surface area contributed by atoms with Crippen LogP contribution in [0.3, 0.4) is 0 Å². The molecule has 0 aliphatic carbocycles. The lowest BCUT2D eigenvalue weighted by atomic mass is 10.1. The fourth-order valence-corrected chi connectivity index (χ4v) is 1.48. The molecule has 1 aromatic rings. The molecule has 2 heteroatoms. The van der Waals surface area contributed by atoms with E-state index in [1.54, 1.807) is 0 Å². The Hall–Kier alpha value is -1.57. The Labute approximate surface area is 78.2 Å². The van der Waals surface area contributed by atoms with Crippen molar-refractivity contribution >= 4 is 18.1 Å². The maximum Gasteiger partial charge on any atom is 0.0895 e. The third kappa shape index (κ3) is 1.47. The molecule has 0 saturated heterocycles. The van der Waals surface area contributed by atoms with Gasteiger partial charge in [0.15, 0.2) is 0 Å². The van der Waals surface area contributed by atoms with Gasteiger partial charge >= 0.3 is 0 Å². The zero-order chi connectivity index (χ0) is 9.10. The minimum atomic E-state index is 0.894. The molecule has 2 rings (SSSR count). The highest BCUT2D eigenvalue weighted by Gasteiger charge is 2.09. The molecule has 0 radical (unpaired) electrons. The van der Waals surface area contributed by atoms with E-state index in [1.807, 2.05) is 24.5 Å². The summed E-state index contributed by atoms with van der Waals surface area (Å²) in [6.07, 6.45) is 3.77. The summed E-state index contributed by atoms with van der Waals surface area (Å²) in [5, 5.41) is 0. The average Bonchev–Trinajstić information content (AvgIpc) is 2.70. The fraction of sp³-hybridized carbons (Fsp3) is 0.182. The number of rotatable bonds is 2. The van der Waals surface area contributed by atoms with Crippen LogP contribution in [-0.4, -0.2) is 19.4 Å². The van der Waals surface area contributed by atoms with Crippen molar-refractivity contribution in [2.45, 2.75) is 0 Å². The molecule has 0 fully saturated rings. The molecule has 1 aromatic carbocycles. The van der Waals surface area contributed by atoms with Crippen LogP contribution in [0.15, 0.2) is 35.8 Å². The van der Waals surface area contributed by atoms with Gasteiger partial charge in [0.1, 0.15) is 0 Å². The zero-order valence-electron chi connectivity index (χ0n) is 7.48. The lowest BCUT2D eigenvalue weighted by Crippen LogP contribution is -2.18. The van der Waals surface area contributed by atoms with Gasteiger partial charge in [-0.3, -0.25) is 4.99 Å². The summed E-state index contributed by atoms with van der Waals surface area (Å²) in [4.78, 5) is 6.33. The van der Waals surface area contributed by atoms with Crippen molar-refractivity contribution in [2.75, 3.05) is 18.0 Å². The largest absolute Gasteiger partial charge is 0.330 e. The van der Waals surface area contributed by atoms with Gasteiger partial charge in [-0.2, -0.15) is 0 Å². The molecule has 13 heavy (non-hydrogen) atoms. The molecule has 0 aromatic heterocycles. The van der Waals surface area contributed by atoms with Gasteiger partial charge in [-0.25, -0.2) is 0 Å². The van der Waals surface area contributed by atoms with Gasteiger partial charge in [0, 0.05) is 12.2 Å². The summed E-state index contributed by atoms with van der Waals surface area (Å²) in [6, 6.07) is 8.21. The van der Waals surface area contributed by atoms with E-state index in [2.05, 4.69) is 28.6 Å². The van der Waals surface area contributed by atoms with Crippen LogP contribution in [-0.2, 0) is 0 Å². The summed E-state index contributed by atoms with van der Waals surface area (Å²) in [7, 11) is 0. The smallest absolute Gasteiger partial charge is 0.0895 e. The molecule has 2 nitrogen and oxygen atoms in total. The third-order valence-electron chi connectivity index (χ3n) is 2.16. The van der Waals surface area contributed by atoms with Gasteiger partial charge < -0.3 is 4.90 Å². The lowest BCUT2D eigenvalue weighted by molar-refractivity contribution is 1.02. The van der Waals surface area contributed by atoms with Crippen LogP contribution in [0.1, 0.15) is 5.56 Å². The molecular weight excluding hydrogens is 160 g/mol. The predicted molar refractivity (Wildman–Crippen MR) is 57.2 cm³/mol. The van der Waals surface area contributed by atoms with Gasteiger partial charge in [0.05, 0.1) is 12.9 Å². The first-order valence-electron chi connectivity index (χ1n) is 4.40. The second-order valence-corrected chi connectivity index (χ2v) is 2.98. The minimum absolute atomic E-state index is 0.894. The molecule has 1 aliphatic heterocycles. The van der Waals surface area contributed by atoms with E-state index in [-0.39, 0.29) is 0 Å². The van der Waals surface area contributed by atoms with Gasteiger partial charge in [0.2, 0.25) is 0 Å². The number of hydrogen-bond acceptors (Lipinski definition) is 2. The van der Waals surface area contributed by atoms with Crippen LogP contribution in [0.2, 0.25) is 0 Å². The van der Waals surface area contributed by atoms with Crippen molar-refractivity contribution in [1.29, 1.82) is 0 Å². The second kappa shape index (κ2) is 3.44. The zero-order valence-corrected chi connectivity index (χ0v) is 7.48. The van der Waals surface area contributed by atoms with Crippen molar-refractivity contribution < 1.29 is 0 Å². The number of anilines is 1. The highest BCUT2D eigenvalue weighted by atomic mass is 15.2. The molecule has 0 atom stereocenters. The maximum absolute atomic E-state index is 4.18. The first kappa shape index (κ1) is 8.05. The number of nitrogens with zero attached hydrogens (tertiary/aromatic N) is 2. The molecule has 1 heterocycles. The number of para-hydroxylation sites is 1. The highest BCUT2D eigenvalue weighted by molar-refractivity contribution is 5.85. The summed E-state index contributed by atoms with van der Waals surface area (Å²) in [6.45, 7) is 5.66. The topological polar surface area (TPSA) is 15.6 Å². The van der Waals surface area contributed by atoms with E-state index in [9.17, 15) is 0 Å². The van der Waals surface area contributed by atoms with E-state index in [1.165, 1.54) is 5.69 Å². The van der Waals surface area contributed by atoms with Gasteiger partial charge in [-0.1, -0.05) is 30.9 Å². The summed E-state index contributed by atoms with van der Waals surface area (Å²) in [5.74, 6) is 0. The minimum Gasteiger partial charge on any atom is -0.330 e. The number of benzene rings is 1. The Morgan fingerprint density at radius 3 is 2.92 bits per heavy atom. The van der Waals surface area contributed by atoms with Crippen LogP contribution < -0.4 is 4.90 Å². The average molecular weight is 172 g/mol.